The van der Waals surface area contributed by atoms with Gasteiger partial charge in [0.1, 0.15) is 6.04 Å². The number of nitrogens with zero attached hydrogens (tertiary/aromatic N) is 1. The first-order chi connectivity index (χ1) is 9.95. The lowest BCUT2D eigenvalue weighted by Gasteiger charge is -2.26. The molecule has 0 fully saturated rings. The highest BCUT2D eigenvalue weighted by atomic mass is 16.5. The summed E-state index contributed by atoms with van der Waals surface area (Å²) in [5.74, 6) is -1.14. The number of allylic oxidation sites excluding steroid dienone is 1. The van der Waals surface area contributed by atoms with E-state index in [1.54, 1.807) is 6.92 Å². The molecular weight excluding hydrogens is 270 g/mol. The maximum atomic E-state index is 12.2. The van der Waals surface area contributed by atoms with E-state index in [2.05, 4.69) is 4.74 Å². The standard InChI is InChI=1S/C16H19NO4/c1-12(18)9-10-15(19)17(13(2)16(20)21-3)11-14-7-5-4-6-8-14/h4-10,13H,11H2,1-3H3/b10-9+. The maximum Gasteiger partial charge on any atom is 0.328 e. The molecule has 1 atom stereocenters. The smallest absolute Gasteiger partial charge is 0.328 e. The summed E-state index contributed by atoms with van der Waals surface area (Å²) in [7, 11) is 1.27. The lowest BCUT2D eigenvalue weighted by atomic mass is 10.1. The second kappa shape index (κ2) is 7.99. The monoisotopic (exact) mass is 289 g/mol. The van der Waals surface area contributed by atoms with Gasteiger partial charge in [0.15, 0.2) is 5.78 Å². The molecule has 0 N–H and O–H groups in total. The molecule has 0 aliphatic rings. The van der Waals surface area contributed by atoms with Gasteiger partial charge in [0.25, 0.3) is 0 Å². The van der Waals surface area contributed by atoms with E-state index in [1.165, 1.54) is 31.1 Å². The Morgan fingerprint density at radius 3 is 2.33 bits per heavy atom. The fraction of sp³-hybridized carbons (Fsp3) is 0.312. The summed E-state index contributed by atoms with van der Waals surface area (Å²) in [6, 6.07) is 8.56. The number of rotatable bonds is 6. The molecule has 0 aromatic heterocycles. The van der Waals surface area contributed by atoms with Crippen LogP contribution in [0.4, 0.5) is 0 Å². The first kappa shape index (κ1) is 16.6. The molecule has 112 valence electrons. The molecular formula is C16H19NO4. The second-order valence-corrected chi connectivity index (χ2v) is 4.59. The molecule has 0 saturated carbocycles. The molecule has 0 saturated heterocycles. The Morgan fingerprint density at radius 1 is 1.19 bits per heavy atom. The van der Waals surface area contributed by atoms with Crippen molar-refractivity contribution in [2.75, 3.05) is 7.11 Å². The van der Waals surface area contributed by atoms with Crippen molar-refractivity contribution in [2.24, 2.45) is 0 Å². The third kappa shape index (κ3) is 5.22. The Kier molecular flexibility index (Phi) is 6.33. The highest BCUT2D eigenvalue weighted by molar-refractivity contribution is 5.98. The second-order valence-electron chi connectivity index (χ2n) is 4.59. The van der Waals surface area contributed by atoms with Crippen LogP contribution >= 0.6 is 0 Å². The van der Waals surface area contributed by atoms with Crippen molar-refractivity contribution in [3.05, 3.63) is 48.0 Å². The van der Waals surface area contributed by atoms with Crippen molar-refractivity contribution in [2.45, 2.75) is 26.4 Å². The number of carbonyl (C=O) groups excluding carboxylic acids is 3. The number of carbonyl (C=O) groups is 3. The molecule has 5 nitrogen and oxygen atoms in total. The van der Waals surface area contributed by atoms with Gasteiger partial charge in [-0.2, -0.15) is 0 Å². The average molecular weight is 289 g/mol. The van der Waals surface area contributed by atoms with E-state index < -0.39 is 17.9 Å². The van der Waals surface area contributed by atoms with Crippen LogP contribution in [0.2, 0.25) is 0 Å². The molecule has 0 bridgehead atoms. The first-order valence-electron chi connectivity index (χ1n) is 6.56. The zero-order valence-corrected chi connectivity index (χ0v) is 12.4. The molecule has 1 rings (SSSR count). The largest absolute Gasteiger partial charge is 0.467 e. The lowest BCUT2D eigenvalue weighted by molar-refractivity contribution is -0.151. The van der Waals surface area contributed by atoms with Crippen molar-refractivity contribution in [1.29, 1.82) is 0 Å². The van der Waals surface area contributed by atoms with Crippen LogP contribution in [0.5, 0.6) is 0 Å². The molecule has 21 heavy (non-hydrogen) atoms. The average Bonchev–Trinajstić information content (AvgIpc) is 2.49. The summed E-state index contributed by atoms with van der Waals surface area (Å²) in [6.07, 6.45) is 2.36. The van der Waals surface area contributed by atoms with Crippen LogP contribution in [0.1, 0.15) is 19.4 Å². The fourth-order valence-corrected chi connectivity index (χ4v) is 1.77. The van der Waals surface area contributed by atoms with Crippen molar-refractivity contribution in [3.8, 4) is 0 Å². The van der Waals surface area contributed by atoms with E-state index in [4.69, 9.17) is 0 Å². The number of amides is 1. The number of benzene rings is 1. The van der Waals surface area contributed by atoms with Crippen molar-refractivity contribution >= 4 is 17.7 Å². The Labute approximate surface area is 124 Å². The molecule has 0 spiro atoms. The van der Waals surface area contributed by atoms with Gasteiger partial charge in [-0.1, -0.05) is 30.3 Å². The van der Waals surface area contributed by atoms with E-state index in [9.17, 15) is 14.4 Å². The Hall–Kier alpha value is -2.43. The zero-order valence-electron chi connectivity index (χ0n) is 12.4. The van der Waals surface area contributed by atoms with Gasteiger partial charge in [-0.15, -0.1) is 0 Å². The summed E-state index contributed by atoms with van der Waals surface area (Å²) >= 11 is 0. The predicted octanol–water partition coefficient (Wildman–Crippen LogP) is 1.72. The van der Waals surface area contributed by atoms with Crippen LogP contribution in [-0.2, 0) is 25.7 Å². The number of ether oxygens (including phenoxy) is 1. The van der Waals surface area contributed by atoms with Crippen LogP contribution in [0, 0.1) is 0 Å². The van der Waals surface area contributed by atoms with Crippen LogP contribution in [0.25, 0.3) is 0 Å². The quantitative estimate of drug-likeness (QED) is 0.591. The molecule has 1 amide bonds. The SMILES string of the molecule is COC(=O)C(C)N(Cc1ccccc1)C(=O)/C=C/C(C)=O. The molecule has 5 heteroatoms. The third-order valence-corrected chi connectivity index (χ3v) is 2.95. The van der Waals surface area contributed by atoms with Crippen LogP contribution in [0.3, 0.4) is 0 Å². The minimum Gasteiger partial charge on any atom is -0.467 e. The van der Waals surface area contributed by atoms with Crippen LogP contribution < -0.4 is 0 Å². The van der Waals surface area contributed by atoms with E-state index in [0.29, 0.717) is 0 Å². The summed E-state index contributed by atoms with van der Waals surface area (Å²) in [6.45, 7) is 3.21. The molecule has 0 aliphatic heterocycles. The van der Waals surface area contributed by atoms with Gasteiger partial charge in [0, 0.05) is 12.6 Å². The molecule has 1 unspecified atom stereocenters. The van der Waals surface area contributed by atoms with Gasteiger partial charge in [-0.05, 0) is 25.5 Å². The molecule has 1 aromatic carbocycles. The molecule has 0 radical (unpaired) electrons. The van der Waals surface area contributed by atoms with E-state index in [1.807, 2.05) is 30.3 Å². The Balaban J connectivity index is 2.96. The van der Waals surface area contributed by atoms with Gasteiger partial charge >= 0.3 is 5.97 Å². The van der Waals surface area contributed by atoms with Crippen molar-refractivity contribution in [1.82, 2.24) is 4.90 Å². The van der Waals surface area contributed by atoms with Gasteiger partial charge < -0.3 is 9.64 Å². The lowest BCUT2D eigenvalue weighted by Crippen LogP contribution is -2.42. The summed E-state index contributed by atoms with van der Waals surface area (Å²) in [5.41, 5.74) is 0.887. The summed E-state index contributed by atoms with van der Waals surface area (Å²) in [5, 5.41) is 0. The number of methoxy groups -OCH3 is 1. The number of hydrogen-bond acceptors (Lipinski definition) is 4. The van der Waals surface area contributed by atoms with Gasteiger partial charge in [-0.25, -0.2) is 4.79 Å². The highest BCUT2D eigenvalue weighted by Crippen LogP contribution is 2.10. The minimum absolute atomic E-state index is 0.228. The Morgan fingerprint density at radius 2 is 1.81 bits per heavy atom. The molecule has 0 aliphatic carbocycles. The van der Waals surface area contributed by atoms with Crippen molar-refractivity contribution in [3.63, 3.8) is 0 Å². The zero-order chi connectivity index (χ0) is 15.8. The van der Waals surface area contributed by atoms with E-state index in [0.717, 1.165) is 5.56 Å². The topological polar surface area (TPSA) is 63.7 Å². The van der Waals surface area contributed by atoms with Crippen molar-refractivity contribution < 1.29 is 19.1 Å². The minimum atomic E-state index is -0.737. The van der Waals surface area contributed by atoms with Crippen LogP contribution in [0.15, 0.2) is 42.5 Å². The maximum absolute atomic E-state index is 12.2. The predicted molar refractivity (Wildman–Crippen MR) is 78.3 cm³/mol. The Bertz CT molecular complexity index is 536. The summed E-state index contributed by atoms with van der Waals surface area (Å²) < 4.78 is 4.68. The highest BCUT2D eigenvalue weighted by Gasteiger charge is 2.25. The first-order valence-corrected chi connectivity index (χ1v) is 6.56. The number of hydrogen-bond donors (Lipinski definition) is 0. The van der Waals surface area contributed by atoms with Gasteiger partial charge in [0.05, 0.1) is 7.11 Å². The molecule has 0 heterocycles. The summed E-state index contributed by atoms with van der Waals surface area (Å²) in [4.78, 5) is 36.2. The molecule has 1 aromatic rings. The fourth-order valence-electron chi connectivity index (χ4n) is 1.77. The number of esters is 1. The van der Waals surface area contributed by atoms with Crippen LogP contribution in [-0.4, -0.2) is 35.7 Å². The van der Waals surface area contributed by atoms with E-state index in [-0.39, 0.29) is 12.3 Å². The van der Waals surface area contributed by atoms with Gasteiger partial charge in [-0.3, -0.25) is 9.59 Å². The normalized spacial score (nSPS) is 12.0. The van der Waals surface area contributed by atoms with E-state index >= 15 is 0 Å². The third-order valence-electron chi connectivity index (χ3n) is 2.95. The number of ketones is 1. The van der Waals surface area contributed by atoms with Gasteiger partial charge in [0.2, 0.25) is 5.91 Å².